The van der Waals surface area contributed by atoms with Gasteiger partial charge in [-0.15, -0.1) is 0 Å². The smallest absolute Gasteiger partial charge is 0.317 e. The molecule has 0 aromatic heterocycles. The fourth-order valence-electron chi connectivity index (χ4n) is 3.79. The normalized spacial score (nSPS) is 24.3. The van der Waals surface area contributed by atoms with Crippen LogP contribution in [0.3, 0.4) is 0 Å². The minimum Gasteiger partial charge on any atom is -0.369 e. The van der Waals surface area contributed by atoms with Crippen LogP contribution in [0.4, 0.5) is 9.18 Å². The molecule has 3 rings (SSSR count). The van der Waals surface area contributed by atoms with E-state index in [2.05, 4.69) is 12.2 Å². The van der Waals surface area contributed by atoms with E-state index in [1.165, 1.54) is 6.07 Å². The standard InChI is InChI=1S/C18H24FN3O2/c1-11-5-6-13-14(3-2-4-15(13)19)16(11)21-18(24)22-9-7-12(8-10-22)17(20)23/h2-4,11-12,16H,5-10H2,1H3,(H2,20,23)(H,21,24). The predicted octanol–water partition coefficient (Wildman–Crippen LogP) is 2.36. The Balaban J connectivity index is 1.69. The Labute approximate surface area is 141 Å². The van der Waals surface area contributed by atoms with Gasteiger partial charge in [0, 0.05) is 19.0 Å². The molecule has 1 aromatic carbocycles. The highest BCUT2D eigenvalue weighted by molar-refractivity contribution is 5.78. The Kier molecular flexibility index (Phi) is 4.73. The van der Waals surface area contributed by atoms with Gasteiger partial charge in [0.15, 0.2) is 0 Å². The molecule has 1 aromatic rings. The number of hydrogen-bond acceptors (Lipinski definition) is 2. The quantitative estimate of drug-likeness (QED) is 0.872. The summed E-state index contributed by atoms with van der Waals surface area (Å²) in [7, 11) is 0. The molecule has 0 spiro atoms. The highest BCUT2D eigenvalue weighted by Gasteiger charge is 2.32. The second-order valence-electron chi connectivity index (χ2n) is 6.91. The van der Waals surface area contributed by atoms with Crippen LogP contribution in [0.1, 0.15) is 43.4 Å². The predicted molar refractivity (Wildman–Crippen MR) is 88.6 cm³/mol. The first-order valence-corrected chi connectivity index (χ1v) is 8.59. The molecule has 130 valence electrons. The Morgan fingerprint density at radius 1 is 1.25 bits per heavy atom. The number of nitrogens with zero attached hydrogens (tertiary/aromatic N) is 1. The van der Waals surface area contributed by atoms with Crippen LogP contribution in [-0.2, 0) is 11.2 Å². The molecule has 0 radical (unpaired) electrons. The lowest BCUT2D eigenvalue weighted by atomic mass is 9.80. The van der Waals surface area contributed by atoms with E-state index in [9.17, 15) is 14.0 Å². The van der Waals surface area contributed by atoms with Crippen molar-refractivity contribution in [2.45, 2.75) is 38.6 Å². The molecule has 6 heteroatoms. The zero-order valence-electron chi connectivity index (χ0n) is 13.9. The van der Waals surface area contributed by atoms with Crippen molar-refractivity contribution >= 4 is 11.9 Å². The number of benzene rings is 1. The lowest BCUT2D eigenvalue weighted by Gasteiger charge is -2.36. The number of urea groups is 1. The average Bonchev–Trinajstić information content (AvgIpc) is 2.57. The summed E-state index contributed by atoms with van der Waals surface area (Å²) in [5, 5.41) is 3.07. The number of carbonyl (C=O) groups is 2. The average molecular weight is 333 g/mol. The van der Waals surface area contributed by atoms with Crippen molar-refractivity contribution in [2.24, 2.45) is 17.6 Å². The van der Waals surface area contributed by atoms with Crippen LogP contribution in [0.2, 0.25) is 0 Å². The van der Waals surface area contributed by atoms with Gasteiger partial charge in [0.1, 0.15) is 5.82 Å². The van der Waals surface area contributed by atoms with E-state index in [4.69, 9.17) is 5.73 Å². The van der Waals surface area contributed by atoms with Gasteiger partial charge in [0.05, 0.1) is 6.04 Å². The number of primary amides is 1. The van der Waals surface area contributed by atoms with Crippen molar-refractivity contribution in [2.75, 3.05) is 13.1 Å². The highest BCUT2D eigenvalue weighted by atomic mass is 19.1. The maximum Gasteiger partial charge on any atom is 0.317 e. The van der Waals surface area contributed by atoms with Crippen molar-refractivity contribution in [3.8, 4) is 0 Å². The van der Waals surface area contributed by atoms with Crippen LogP contribution in [-0.4, -0.2) is 29.9 Å². The first kappa shape index (κ1) is 16.7. The molecule has 2 atom stereocenters. The maximum absolute atomic E-state index is 14.0. The van der Waals surface area contributed by atoms with Gasteiger partial charge in [0.25, 0.3) is 0 Å². The van der Waals surface area contributed by atoms with Gasteiger partial charge in [-0.25, -0.2) is 9.18 Å². The van der Waals surface area contributed by atoms with E-state index in [0.29, 0.717) is 37.9 Å². The van der Waals surface area contributed by atoms with Crippen molar-refractivity contribution < 1.29 is 14.0 Å². The monoisotopic (exact) mass is 333 g/mol. The summed E-state index contributed by atoms with van der Waals surface area (Å²) in [5.41, 5.74) is 6.93. The number of nitrogens with two attached hydrogens (primary N) is 1. The Morgan fingerprint density at radius 2 is 1.96 bits per heavy atom. The molecule has 1 heterocycles. The van der Waals surface area contributed by atoms with Gasteiger partial charge in [-0.1, -0.05) is 19.1 Å². The van der Waals surface area contributed by atoms with E-state index in [0.717, 1.165) is 12.0 Å². The molecular formula is C18H24FN3O2. The van der Waals surface area contributed by atoms with Crippen molar-refractivity contribution in [1.82, 2.24) is 10.2 Å². The van der Waals surface area contributed by atoms with Crippen LogP contribution >= 0.6 is 0 Å². The second kappa shape index (κ2) is 6.79. The van der Waals surface area contributed by atoms with Crippen LogP contribution in [0, 0.1) is 17.7 Å². The fourth-order valence-corrected chi connectivity index (χ4v) is 3.79. The zero-order chi connectivity index (χ0) is 17.3. The molecule has 1 aliphatic carbocycles. The maximum atomic E-state index is 14.0. The van der Waals surface area contributed by atoms with Crippen LogP contribution in [0.15, 0.2) is 18.2 Å². The second-order valence-corrected chi connectivity index (χ2v) is 6.91. The number of likely N-dealkylation sites (tertiary alicyclic amines) is 1. The van der Waals surface area contributed by atoms with Crippen LogP contribution < -0.4 is 11.1 Å². The first-order chi connectivity index (χ1) is 11.5. The minimum atomic E-state index is -0.291. The molecule has 0 bridgehead atoms. The third-order valence-electron chi connectivity index (χ3n) is 5.37. The zero-order valence-corrected chi connectivity index (χ0v) is 13.9. The molecule has 3 N–H and O–H groups in total. The molecule has 5 nitrogen and oxygen atoms in total. The molecule has 0 saturated carbocycles. The van der Waals surface area contributed by atoms with Crippen molar-refractivity contribution in [3.05, 3.63) is 35.1 Å². The summed E-state index contributed by atoms with van der Waals surface area (Å²) in [4.78, 5) is 25.5. The summed E-state index contributed by atoms with van der Waals surface area (Å²) in [5.74, 6) is -0.370. The van der Waals surface area contributed by atoms with Gasteiger partial charge < -0.3 is 16.0 Å². The summed E-state index contributed by atoms with van der Waals surface area (Å²) >= 11 is 0. The summed E-state index contributed by atoms with van der Waals surface area (Å²) < 4.78 is 14.0. The lowest BCUT2D eigenvalue weighted by Crippen LogP contribution is -2.48. The summed E-state index contributed by atoms with van der Waals surface area (Å²) in [6.07, 6.45) is 2.77. The van der Waals surface area contributed by atoms with Gasteiger partial charge >= 0.3 is 6.03 Å². The first-order valence-electron chi connectivity index (χ1n) is 8.59. The highest BCUT2D eigenvalue weighted by Crippen LogP contribution is 2.35. The van der Waals surface area contributed by atoms with Crippen molar-refractivity contribution in [3.63, 3.8) is 0 Å². The molecule has 2 unspecified atom stereocenters. The number of hydrogen-bond donors (Lipinski definition) is 2. The molecule has 1 fully saturated rings. The summed E-state index contributed by atoms with van der Waals surface area (Å²) in [6, 6.07) is 4.75. The number of fused-ring (bicyclic) bond motifs is 1. The van der Waals surface area contributed by atoms with Gasteiger partial charge in [-0.3, -0.25) is 4.79 Å². The van der Waals surface area contributed by atoms with Crippen LogP contribution in [0.25, 0.3) is 0 Å². The van der Waals surface area contributed by atoms with E-state index in [-0.39, 0.29) is 35.6 Å². The molecule has 24 heavy (non-hydrogen) atoms. The molecule has 3 amide bonds. The molecule has 2 aliphatic rings. The lowest BCUT2D eigenvalue weighted by molar-refractivity contribution is -0.123. The SMILES string of the molecule is CC1CCc2c(F)cccc2C1NC(=O)N1CCC(C(N)=O)CC1. The van der Waals surface area contributed by atoms with Crippen LogP contribution in [0.5, 0.6) is 0 Å². The Hall–Kier alpha value is -2.11. The number of halogens is 1. The Bertz CT molecular complexity index is 641. The largest absolute Gasteiger partial charge is 0.369 e. The number of nitrogens with one attached hydrogen (secondary N) is 1. The van der Waals surface area contributed by atoms with E-state index in [1.807, 2.05) is 6.07 Å². The molecule has 1 saturated heterocycles. The van der Waals surface area contributed by atoms with Gasteiger partial charge in [0.2, 0.25) is 5.91 Å². The minimum absolute atomic E-state index is 0.141. The summed E-state index contributed by atoms with van der Waals surface area (Å²) in [6.45, 7) is 3.13. The fraction of sp³-hybridized carbons (Fsp3) is 0.556. The topological polar surface area (TPSA) is 75.4 Å². The van der Waals surface area contributed by atoms with E-state index in [1.54, 1.807) is 11.0 Å². The number of piperidine rings is 1. The number of rotatable bonds is 2. The number of amides is 3. The van der Waals surface area contributed by atoms with Gasteiger partial charge in [-0.05, 0) is 48.8 Å². The van der Waals surface area contributed by atoms with Gasteiger partial charge in [-0.2, -0.15) is 0 Å². The molecular weight excluding hydrogens is 309 g/mol. The van der Waals surface area contributed by atoms with Crippen molar-refractivity contribution in [1.29, 1.82) is 0 Å². The van der Waals surface area contributed by atoms with E-state index < -0.39 is 0 Å². The third kappa shape index (κ3) is 3.23. The third-order valence-corrected chi connectivity index (χ3v) is 5.37. The Morgan fingerprint density at radius 3 is 2.62 bits per heavy atom. The molecule has 1 aliphatic heterocycles. The number of carbonyl (C=O) groups excluding carboxylic acids is 2. The van der Waals surface area contributed by atoms with E-state index >= 15 is 0 Å².